The van der Waals surface area contributed by atoms with Gasteiger partial charge in [0.1, 0.15) is 24.2 Å². The van der Waals surface area contributed by atoms with E-state index in [1.807, 2.05) is 29.2 Å². The van der Waals surface area contributed by atoms with Crippen LogP contribution in [-0.4, -0.2) is 54.3 Å². The van der Waals surface area contributed by atoms with E-state index in [1.165, 1.54) is 0 Å². The van der Waals surface area contributed by atoms with E-state index in [2.05, 4.69) is 18.3 Å². The van der Waals surface area contributed by atoms with Gasteiger partial charge in [0, 0.05) is 31.9 Å². The van der Waals surface area contributed by atoms with Crippen molar-refractivity contribution in [1.82, 2.24) is 9.80 Å². The number of nitrogens with zero attached hydrogens (tertiary/aromatic N) is 3. The molecule has 1 N–H and O–H groups in total. The number of hydrogen-bond acceptors (Lipinski definition) is 6. The zero-order chi connectivity index (χ0) is 24.6. The summed E-state index contributed by atoms with van der Waals surface area (Å²) in [5, 5.41) is 12.2. The van der Waals surface area contributed by atoms with Crippen molar-refractivity contribution in [1.29, 1.82) is 5.26 Å². The zero-order valence-corrected chi connectivity index (χ0v) is 19.7. The maximum absolute atomic E-state index is 12.9. The number of carbonyl (C=O) groups is 2. The van der Waals surface area contributed by atoms with Crippen LogP contribution in [0.2, 0.25) is 0 Å². The lowest BCUT2D eigenvalue weighted by molar-refractivity contribution is -0.117. The van der Waals surface area contributed by atoms with Crippen molar-refractivity contribution in [2.75, 3.05) is 38.0 Å². The van der Waals surface area contributed by atoms with Gasteiger partial charge in [-0.25, -0.2) is 0 Å². The Balaban J connectivity index is 1.25. The van der Waals surface area contributed by atoms with Gasteiger partial charge in [0.05, 0.1) is 12.1 Å². The second-order valence-corrected chi connectivity index (χ2v) is 8.29. The van der Waals surface area contributed by atoms with E-state index in [-0.39, 0.29) is 30.7 Å². The number of nitriles is 1. The minimum atomic E-state index is -0.186. The van der Waals surface area contributed by atoms with Crippen LogP contribution in [0.5, 0.6) is 5.75 Å². The molecule has 4 rings (SSSR count). The molecule has 8 nitrogen and oxygen atoms in total. The van der Waals surface area contributed by atoms with E-state index in [4.69, 9.17) is 14.4 Å². The predicted octanol–water partition coefficient (Wildman–Crippen LogP) is 3.69. The molecule has 0 saturated carbocycles. The number of piperazine rings is 1. The lowest BCUT2D eigenvalue weighted by Gasteiger charge is -2.33. The molecule has 0 aliphatic carbocycles. The van der Waals surface area contributed by atoms with Crippen LogP contribution >= 0.6 is 0 Å². The molecule has 0 atom stereocenters. The maximum atomic E-state index is 12.9. The highest BCUT2D eigenvalue weighted by Gasteiger charge is 2.25. The van der Waals surface area contributed by atoms with Crippen LogP contribution in [0.3, 0.4) is 0 Å². The summed E-state index contributed by atoms with van der Waals surface area (Å²) in [5.41, 5.74) is 2.40. The third kappa shape index (κ3) is 6.08. The molecule has 0 spiro atoms. The first-order chi connectivity index (χ1) is 17.1. The maximum Gasteiger partial charge on any atom is 0.289 e. The van der Waals surface area contributed by atoms with Crippen LogP contribution in [0.4, 0.5) is 5.69 Å². The van der Waals surface area contributed by atoms with Crippen molar-refractivity contribution in [3.8, 4) is 11.8 Å². The number of amides is 2. The SMILES string of the molecule is CCc1ccccc1NC(=O)CN1CCN(C(=O)c2ccc(COc3ccccc3C#N)o2)CC1. The molecule has 1 aliphatic rings. The first-order valence-electron chi connectivity index (χ1n) is 11.7. The standard InChI is InChI=1S/C27H28N4O4/c1-2-20-7-3-5-9-23(20)29-26(32)18-30-13-15-31(16-14-30)27(33)25-12-11-22(35-25)19-34-24-10-6-4-8-21(24)17-28/h3-12H,2,13-16,18-19H2,1H3,(H,29,32). The average Bonchev–Trinajstić information content (AvgIpc) is 3.37. The van der Waals surface area contributed by atoms with E-state index >= 15 is 0 Å². The molecule has 180 valence electrons. The third-order valence-electron chi connectivity index (χ3n) is 5.95. The van der Waals surface area contributed by atoms with Gasteiger partial charge in [0.25, 0.3) is 5.91 Å². The van der Waals surface area contributed by atoms with Crippen molar-refractivity contribution in [3.05, 3.63) is 83.3 Å². The highest BCUT2D eigenvalue weighted by atomic mass is 16.5. The van der Waals surface area contributed by atoms with Crippen molar-refractivity contribution < 1.29 is 18.7 Å². The van der Waals surface area contributed by atoms with Gasteiger partial charge in [-0.1, -0.05) is 37.3 Å². The fraction of sp³-hybridized carbons (Fsp3) is 0.296. The van der Waals surface area contributed by atoms with E-state index in [0.717, 1.165) is 17.7 Å². The van der Waals surface area contributed by atoms with Gasteiger partial charge < -0.3 is 19.4 Å². The van der Waals surface area contributed by atoms with Crippen LogP contribution in [0, 0.1) is 11.3 Å². The van der Waals surface area contributed by atoms with E-state index in [0.29, 0.717) is 43.3 Å². The Morgan fingerprint density at radius 1 is 1.03 bits per heavy atom. The van der Waals surface area contributed by atoms with Crippen molar-refractivity contribution in [2.24, 2.45) is 0 Å². The molecule has 1 saturated heterocycles. The predicted molar refractivity (Wildman–Crippen MR) is 131 cm³/mol. The van der Waals surface area contributed by atoms with Crippen molar-refractivity contribution in [3.63, 3.8) is 0 Å². The Kier molecular flexibility index (Phi) is 7.81. The Morgan fingerprint density at radius 3 is 2.54 bits per heavy atom. The summed E-state index contributed by atoms with van der Waals surface area (Å²) in [6, 6.07) is 20.2. The Hall–Kier alpha value is -4.09. The van der Waals surface area contributed by atoms with Gasteiger partial charge in [-0.15, -0.1) is 0 Å². The number of aryl methyl sites for hydroxylation is 1. The number of para-hydroxylation sites is 2. The van der Waals surface area contributed by atoms with Crippen LogP contribution in [0.15, 0.2) is 65.1 Å². The van der Waals surface area contributed by atoms with Crippen LogP contribution in [0.1, 0.15) is 34.4 Å². The number of anilines is 1. The molecule has 1 aliphatic heterocycles. The second kappa shape index (κ2) is 11.4. The molecule has 0 unspecified atom stereocenters. The summed E-state index contributed by atoms with van der Waals surface area (Å²) in [5.74, 6) is 0.981. The molecule has 3 aromatic rings. The quantitative estimate of drug-likeness (QED) is 0.537. The monoisotopic (exact) mass is 472 g/mol. The first-order valence-corrected chi connectivity index (χ1v) is 11.7. The third-order valence-corrected chi connectivity index (χ3v) is 5.95. The minimum absolute atomic E-state index is 0.0562. The Morgan fingerprint density at radius 2 is 1.77 bits per heavy atom. The summed E-state index contributed by atoms with van der Waals surface area (Å²) in [6.07, 6.45) is 0.852. The van der Waals surface area contributed by atoms with Crippen LogP contribution in [-0.2, 0) is 17.8 Å². The molecule has 2 heterocycles. The molecular formula is C27H28N4O4. The zero-order valence-electron chi connectivity index (χ0n) is 19.7. The molecular weight excluding hydrogens is 444 g/mol. The van der Waals surface area contributed by atoms with Crippen LogP contribution in [0.25, 0.3) is 0 Å². The highest BCUT2D eigenvalue weighted by molar-refractivity contribution is 5.93. The average molecular weight is 473 g/mol. The summed E-state index contributed by atoms with van der Waals surface area (Å²) < 4.78 is 11.4. The molecule has 0 bridgehead atoms. The summed E-state index contributed by atoms with van der Waals surface area (Å²) in [6.45, 7) is 4.71. The summed E-state index contributed by atoms with van der Waals surface area (Å²) >= 11 is 0. The van der Waals surface area contributed by atoms with Gasteiger partial charge in [-0.05, 0) is 42.3 Å². The van der Waals surface area contributed by atoms with Crippen LogP contribution < -0.4 is 10.1 Å². The number of furan rings is 1. The van der Waals surface area contributed by atoms with Gasteiger partial charge in [-0.3, -0.25) is 14.5 Å². The molecule has 35 heavy (non-hydrogen) atoms. The molecule has 2 aromatic carbocycles. The van der Waals surface area contributed by atoms with Gasteiger partial charge in [-0.2, -0.15) is 5.26 Å². The lowest BCUT2D eigenvalue weighted by Crippen LogP contribution is -2.50. The molecule has 8 heteroatoms. The second-order valence-electron chi connectivity index (χ2n) is 8.29. The topological polar surface area (TPSA) is 98.8 Å². The van der Waals surface area contributed by atoms with Gasteiger partial charge in [0.2, 0.25) is 5.91 Å². The summed E-state index contributed by atoms with van der Waals surface area (Å²) in [7, 11) is 0. The minimum Gasteiger partial charge on any atom is -0.484 e. The molecule has 2 amide bonds. The number of nitrogens with one attached hydrogen (secondary N) is 1. The molecule has 0 radical (unpaired) electrons. The van der Waals surface area contributed by atoms with Gasteiger partial charge in [0.15, 0.2) is 5.76 Å². The fourth-order valence-electron chi connectivity index (χ4n) is 4.01. The largest absolute Gasteiger partial charge is 0.484 e. The summed E-state index contributed by atoms with van der Waals surface area (Å²) in [4.78, 5) is 29.2. The van der Waals surface area contributed by atoms with E-state index < -0.39 is 0 Å². The van der Waals surface area contributed by atoms with E-state index in [9.17, 15) is 9.59 Å². The Labute approximate surface area is 204 Å². The first kappa shape index (κ1) is 24.0. The molecule has 1 fully saturated rings. The van der Waals surface area contributed by atoms with Gasteiger partial charge >= 0.3 is 0 Å². The number of benzene rings is 2. The number of rotatable bonds is 8. The number of carbonyl (C=O) groups excluding carboxylic acids is 2. The Bertz CT molecular complexity index is 1220. The normalized spacial score (nSPS) is 13.8. The smallest absolute Gasteiger partial charge is 0.289 e. The number of ether oxygens (including phenoxy) is 1. The fourth-order valence-corrected chi connectivity index (χ4v) is 4.01. The molecule has 1 aromatic heterocycles. The van der Waals surface area contributed by atoms with E-state index in [1.54, 1.807) is 41.3 Å². The lowest BCUT2D eigenvalue weighted by atomic mass is 10.1. The van der Waals surface area contributed by atoms with Crippen molar-refractivity contribution >= 4 is 17.5 Å². The number of hydrogen-bond donors (Lipinski definition) is 1. The highest BCUT2D eigenvalue weighted by Crippen LogP contribution is 2.20. The van der Waals surface area contributed by atoms with Crippen molar-refractivity contribution in [2.45, 2.75) is 20.0 Å².